The van der Waals surface area contributed by atoms with Crippen LogP contribution in [0.3, 0.4) is 0 Å². The van der Waals surface area contributed by atoms with Gasteiger partial charge in [-0.25, -0.2) is 9.18 Å². The van der Waals surface area contributed by atoms with Crippen molar-refractivity contribution in [2.24, 2.45) is 0 Å². The summed E-state index contributed by atoms with van der Waals surface area (Å²) in [6.45, 7) is 8.97. The number of methoxy groups -OCH3 is 1. The SMILES string of the molecule is COCOc1cc(-c2ccc(C)nc2)c(F)cc1-c1ccc(N2CC[C@@H](N(C(=O)OC(C)(C)C)C3CCC3)C2)nn1. The first-order chi connectivity index (χ1) is 19.6. The van der Waals surface area contributed by atoms with Crippen LogP contribution in [0.5, 0.6) is 5.75 Å². The normalized spacial score (nSPS) is 17.3. The summed E-state index contributed by atoms with van der Waals surface area (Å²) >= 11 is 0. The van der Waals surface area contributed by atoms with Gasteiger partial charge >= 0.3 is 6.09 Å². The molecule has 0 unspecified atom stereocenters. The van der Waals surface area contributed by atoms with Gasteiger partial charge in [0.2, 0.25) is 0 Å². The molecule has 3 heterocycles. The van der Waals surface area contributed by atoms with E-state index in [1.807, 2.05) is 56.9 Å². The zero-order valence-corrected chi connectivity index (χ0v) is 24.4. The third-order valence-electron chi connectivity index (χ3n) is 7.50. The van der Waals surface area contributed by atoms with Gasteiger partial charge in [0.25, 0.3) is 0 Å². The number of aromatic nitrogens is 3. The third kappa shape index (κ3) is 6.59. The van der Waals surface area contributed by atoms with Gasteiger partial charge in [-0.2, -0.15) is 0 Å². The van der Waals surface area contributed by atoms with Gasteiger partial charge in [0, 0.05) is 54.8 Å². The Morgan fingerprint density at radius 2 is 1.88 bits per heavy atom. The fourth-order valence-electron chi connectivity index (χ4n) is 5.23. The zero-order valence-electron chi connectivity index (χ0n) is 24.4. The second-order valence-corrected chi connectivity index (χ2v) is 11.7. The number of rotatable bonds is 8. The van der Waals surface area contributed by atoms with Crippen molar-refractivity contribution >= 4 is 11.9 Å². The molecule has 10 heteroatoms. The van der Waals surface area contributed by atoms with Crippen LogP contribution in [0.2, 0.25) is 0 Å². The topological polar surface area (TPSA) is 89.9 Å². The fourth-order valence-corrected chi connectivity index (χ4v) is 5.23. The van der Waals surface area contributed by atoms with E-state index in [9.17, 15) is 4.79 Å². The molecule has 1 amide bonds. The summed E-state index contributed by atoms with van der Waals surface area (Å²) in [5.74, 6) is 0.721. The number of hydrogen-bond donors (Lipinski definition) is 0. The molecule has 1 saturated carbocycles. The lowest BCUT2D eigenvalue weighted by Crippen LogP contribution is -2.52. The van der Waals surface area contributed by atoms with Crippen LogP contribution in [-0.2, 0) is 9.47 Å². The molecule has 218 valence electrons. The van der Waals surface area contributed by atoms with Crippen LogP contribution in [0.25, 0.3) is 22.4 Å². The van der Waals surface area contributed by atoms with Crippen LogP contribution in [0.15, 0.2) is 42.6 Å². The molecule has 0 radical (unpaired) electrons. The Morgan fingerprint density at radius 3 is 2.49 bits per heavy atom. The molecule has 5 rings (SSSR count). The Labute approximate surface area is 240 Å². The van der Waals surface area contributed by atoms with E-state index in [1.165, 1.54) is 13.2 Å². The highest BCUT2D eigenvalue weighted by Gasteiger charge is 2.40. The van der Waals surface area contributed by atoms with Crippen molar-refractivity contribution in [1.29, 1.82) is 0 Å². The van der Waals surface area contributed by atoms with E-state index < -0.39 is 11.4 Å². The van der Waals surface area contributed by atoms with Crippen molar-refractivity contribution in [3.8, 4) is 28.1 Å². The van der Waals surface area contributed by atoms with Crippen LogP contribution in [0.4, 0.5) is 15.0 Å². The van der Waals surface area contributed by atoms with Gasteiger partial charge in [0.05, 0.1) is 11.7 Å². The Kier molecular flexibility index (Phi) is 8.40. The lowest BCUT2D eigenvalue weighted by atomic mass is 9.90. The van der Waals surface area contributed by atoms with E-state index in [1.54, 1.807) is 12.3 Å². The fraction of sp³-hybridized carbons (Fsp3) is 0.484. The summed E-state index contributed by atoms with van der Waals surface area (Å²) in [4.78, 5) is 21.5. The van der Waals surface area contributed by atoms with Gasteiger partial charge in [-0.05, 0) is 83.7 Å². The monoisotopic (exact) mass is 563 g/mol. The number of benzene rings is 1. The van der Waals surface area contributed by atoms with E-state index in [0.717, 1.165) is 37.9 Å². The molecule has 1 saturated heterocycles. The lowest BCUT2D eigenvalue weighted by molar-refractivity contribution is -0.00351. The van der Waals surface area contributed by atoms with Crippen LogP contribution in [-0.4, -0.2) is 70.9 Å². The van der Waals surface area contributed by atoms with Crippen LogP contribution in [0.1, 0.15) is 52.1 Å². The van der Waals surface area contributed by atoms with Gasteiger partial charge < -0.3 is 24.0 Å². The van der Waals surface area contributed by atoms with E-state index in [-0.39, 0.29) is 25.0 Å². The molecule has 1 aromatic carbocycles. The lowest BCUT2D eigenvalue weighted by Gasteiger charge is -2.41. The maximum atomic E-state index is 15.3. The second kappa shape index (κ2) is 12.0. The average Bonchev–Trinajstić information content (AvgIpc) is 3.39. The van der Waals surface area contributed by atoms with Crippen molar-refractivity contribution in [3.63, 3.8) is 0 Å². The van der Waals surface area contributed by atoms with Crippen molar-refractivity contribution in [1.82, 2.24) is 20.1 Å². The number of amides is 1. The molecule has 0 bridgehead atoms. The van der Waals surface area contributed by atoms with Crippen molar-refractivity contribution in [2.45, 2.75) is 71.1 Å². The van der Waals surface area contributed by atoms with Gasteiger partial charge in [-0.3, -0.25) is 4.98 Å². The minimum Gasteiger partial charge on any atom is -0.467 e. The van der Waals surface area contributed by atoms with Gasteiger partial charge in [-0.1, -0.05) is 6.07 Å². The maximum Gasteiger partial charge on any atom is 0.410 e. The average molecular weight is 564 g/mol. The van der Waals surface area contributed by atoms with E-state index in [4.69, 9.17) is 14.2 Å². The van der Waals surface area contributed by atoms with E-state index in [0.29, 0.717) is 40.5 Å². The molecule has 1 atom stereocenters. The zero-order chi connectivity index (χ0) is 29.1. The van der Waals surface area contributed by atoms with Gasteiger partial charge in [0.1, 0.15) is 17.2 Å². The molecule has 0 spiro atoms. The largest absolute Gasteiger partial charge is 0.467 e. The quantitative estimate of drug-likeness (QED) is 0.308. The molecule has 2 aromatic heterocycles. The van der Waals surface area contributed by atoms with E-state index in [2.05, 4.69) is 20.1 Å². The Bertz CT molecular complexity index is 1360. The molecule has 0 N–H and O–H groups in total. The molecule has 1 aliphatic carbocycles. The first-order valence-corrected chi connectivity index (χ1v) is 14.1. The number of ether oxygens (including phenoxy) is 3. The summed E-state index contributed by atoms with van der Waals surface area (Å²) in [6.07, 6.45) is 5.37. The minimum absolute atomic E-state index is 0.0000406. The number of aryl methyl sites for hydroxylation is 1. The molecule has 9 nitrogen and oxygen atoms in total. The third-order valence-corrected chi connectivity index (χ3v) is 7.50. The molecular formula is C31H38FN5O4. The summed E-state index contributed by atoms with van der Waals surface area (Å²) in [5, 5.41) is 8.91. The van der Waals surface area contributed by atoms with Crippen molar-refractivity contribution in [3.05, 3.63) is 54.1 Å². The number of hydrogen-bond acceptors (Lipinski definition) is 8. The second-order valence-electron chi connectivity index (χ2n) is 11.7. The predicted octanol–water partition coefficient (Wildman–Crippen LogP) is 6.00. The summed E-state index contributed by atoms with van der Waals surface area (Å²) in [5.41, 5.74) is 2.28. The standard InChI is InChI=1S/C31H38FN5O4/c1-20-9-10-21(17-33-20)24-16-28(40-19-39-5)25(15-26(24)32)27-11-12-29(35-34-27)36-14-13-23(18-36)37(22-7-6-8-22)30(38)41-31(2,3)4/h9-12,15-17,22-23H,6-8,13-14,18-19H2,1-5H3/t23-/m1/s1. The highest BCUT2D eigenvalue weighted by atomic mass is 19.1. The Morgan fingerprint density at radius 1 is 1.07 bits per heavy atom. The highest BCUT2D eigenvalue weighted by Crippen LogP contribution is 2.37. The highest BCUT2D eigenvalue weighted by molar-refractivity contribution is 5.75. The number of anilines is 1. The Balaban J connectivity index is 1.35. The number of halogens is 1. The molecule has 1 aliphatic heterocycles. The van der Waals surface area contributed by atoms with Gasteiger partial charge in [0.15, 0.2) is 12.6 Å². The van der Waals surface area contributed by atoms with E-state index >= 15 is 4.39 Å². The smallest absolute Gasteiger partial charge is 0.410 e. The number of nitrogens with zero attached hydrogens (tertiary/aromatic N) is 5. The molecular weight excluding hydrogens is 525 g/mol. The number of carbonyl (C=O) groups excluding carboxylic acids is 1. The molecule has 3 aromatic rings. The molecule has 41 heavy (non-hydrogen) atoms. The van der Waals surface area contributed by atoms with Crippen LogP contribution in [0, 0.1) is 12.7 Å². The molecule has 2 aliphatic rings. The first-order valence-electron chi connectivity index (χ1n) is 14.1. The minimum atomic E-state index is -0.542. The van der Waals surface area contributed by atoms with Gasteiger partial charge in [-0.15, -0.1) is 10.2 Å². The summed E-state index contributed by atoms with van der Waals surface area (Å²) < 4.78 is 32.0. The molecule has 2 fully saturated rings. The predicted molar refractivity (Wildman–Crippen MR) is 154 cm³/mol. The maximum absolute atomic E-state index is 15.3. The number of pyridine rings is 1. The summed E-state index contributed by atoms with van der Waals surface area (Å²) in [6, 6.07) is 10.7. The Hall–Kier alpha value is -3.79. The number of carbonyl (C=O) groups is 1. The van der Waals surface area contributed by atoms with Crippen LogP contribution < -0.4 is 9.64 Å². The van der Waals surface area contributed by atoms with Crippen molar-refractivity contribution in [2.75, 3.05) is 31.9 Å². The summed E-state index contributed by atoms with van der Waals surface area (Å²) in [7, 11) is 1.53. The van der Waals surface area contributed by atoms with Crippen LogP contribution >= 0.6 is 0 Å². The first kappa shape index (κ1) is 28.7. The van der Waals surface area contributed by atoms with Crippen molar-refractivity contribution < 1.29 is 23.4 Å².